The van der Waals surface area contributed by atoms with Crippen molar-refractivity contribution >= 4 is 41.7 Å². The number of morpholine rings is 1. The van der Waals surface area contributed by atoms with E-state index < -0.39 is 0 Å². The van der Waals surface area contributed by atoms with Crippen LogP contribution in [-0.4, -0.2) is 73.7 Å². The number of amides is 2. The normalized spacial score (nSPS) is 19.7. The van der Waals surface area contributed by atoms with Crippen LogP contribution in [0, 0.1) is 0 Å². The molecule has 2 fully saturated rings. The zero-order valence-electron chi connectivity index (χ0n) is 15.1. The first-order valence-electron chi connectivity index (χ1n) is 8.90. The van der Waals surface area contributed by atoms with E-state index in [1.807, 2.05) is 23.9 Å². The molecule has 0 aliphatic carbocycles. The van der Waals surface area contributed by atoms with Crippen molar-refractivity contribution in [1.82, 2.24) is 10.2 Å². The maximum absolute atomic E-state index is 12.3. The first-order chi connectivity index (χ1) is 12.7. The summed E-state index contributed by atoms with van der Waals surface area (Å²) in [5, 5.41) is 6.26. The van der Waals surface area contributed by atoms with E-state index in [-0.39, 0.29) is 36.9 Å². The Balaban J connectivity index is 0.00000261. The van der Waals surface area contributed by atoms with Crippen LogP contribution in [0.2, 0.25) is 0 Å². The van der Waals surface area contributed by atoms with Gasteiger partial charge in [-0.1, -0.05) is 12.1 Å². The van der Waals surface area contributed by atoms with E-state index in [1.165, 1.54) is 0 Å². The second-order valence-electron chi connectivity index (χ2n) is 6.26. The highest BCUT2D eigenvalue weighted by molar-refractivity contribution is 7.99. The van der Waals surface area contributed by atoms with Crippen LogP contribution in [0.5, 0.6) is 5.75 Å². The van der Waals surface area contributed by atoms with Crippen molar-refractivity contribution in [3.63, 3.8) is 0 Å². The molecule has 1 aromatic rings. The number of benzene rings is 1. The van der Waals surface area contributed by atoms with Gasteiger partial charge in [0.25, 0.3) is 5.91 Å². The van der Waals surface area contributed by atoms with Crippen LogP contribution in [0.25, 0.3) is 0 Å². The van der Waals surface area contributed by atoms with E-state index in [2.05, 4.69) is 10.6 Å². The predicted octanol–water partition coefficient (Wildman–Crippen LogP) is 1.38. The summed E-state index contributed by atoms with van der Waals surface area (Å²) in [5.74, 6) is 2.41. The van der Waals surface area contributed by atoms with Crippen molar-refractivity contribution in [2.75, 3.05) is 56.3 Å². The van der Waals surface area contributed by atoms with Crippen molar-refractivity contribution in [2.24, 2.45) is 0 Å². The van der Waals surface area contributed by atoms with Crippen LogP contribution in [0.15, 0.2) is 24.3 Å². The van der Waals surface area contributed by atoms with Gasteiger partial charge < -0.3 is 25.0 Å². The number of hydrogen-bond donors (Lipinski definition) is 2. The summed E-state index contributed by atoms with van der Waals surface area (Å²) < 4.78 is 10.9. The van der Waals surface area contributed by atoms with E-state index in [9.17, 15) is 9.59 Å². The predicted molar refractivity (Wildman–Crippen MR) is 109 cm³/mol. The van der Waals surface area contributed by atoms with Crippen LogP contribution in [0.1, 0.15) is 6.42 Å². The van der Waals surface area contributed by atoms with E-state index >= 15 is 0 Å². The lowest BCUT2D eigenvalue weighted by Gasteiger charge is -2.27. The lowest BCUT2D eigenvalue weighted by atomic mass is 10.2. The van der Waals surface area contributed by atoms with Crippen molar-refractivity contribution in [1.29, 1.82) is 0 Å². The van der Waals surface area contributed by atoms with Gasteiger partial charge in [0.15, 0.2) is 6.61 Å². The Kier molecular flexibility index (Phi) is 9.20. The molecule has 2 aliphatic rings. The monoisotopic (exact) mass is 415 g/mol. The molecule has 0 spiro atoms. The molecule has 150 valence electrons. The summed E-state index contributed by atoms with van der Waals surface area (Å²) in [6.07, 6.45) is 0.425. The van der Waals surface area contributed by atoms with Crippen molar-refractivity contribution in [2.45, 2.75) is 12.5 Å². The number of anilines is 1. The molecule has 1 aromatic carbocycles. The van der Waals surface area contributed by atoms with Gasteiger partial charge in [-0.15, -0.1) is 12.4 Å². The third-order valence-corrected chi connectivity index (χ3v) is 5.44. The van der Waals surface area contributed by atoms with Crippen molar-refractivity contribution < 1.29 is 19.1 Å². The lowest BCUT2D eigenvalue weighted by molar-refractivity contribution is -0.137. The minimum absolute atomic E-state index is 0. The topological polar surface area (TPSA) is 79.9 Å². The van der Waals surface area contributed by atoms with E-state index in [0.717, 1.165) is 18.1 Å². The van der Waals surface area contributed by atoms with Gasteiger partial charge >= 0.3 is 0 Å². The molecule has 9 heteroatoms. The van der Waals surface area contributed by atoms with Gasteiger partial charge in [0.1, 0.15) is 5.75 Å². The summed E-state index contributed by atoms with van der Waals surface area (Å²) in [5.41, 5.74) is 0.593. The second kappa shape index (κ2) is 11.4. The molecule has 0 aromatic heterocycles. The Bertz CT molecular complexity index is 622. The summed E-state index contributed by atoms with van der Waals surface area (Å²) in [7, 11) is 0. The first kappa shape index (κ1) is 21.8. The van der Waals surface area contributed by atoms with Gasteiger partial charge in [-0.2, -0.15) is 11.8 Å². The van der Waals surface area contributed by atoms with Gasteiger partial charge in [-0.25, -0.2) is 0 Å². The highest BCUT2D eigenvalue weighted by atomic mass is 35.5. The molecule has 2 amide bonds. The number of rotatable bonds is 6. The Morgan fingerprint density at radius 2 is 2.07 bits per heavy atom. The van der Waals surface area contributed by atoms with Crippen molar-refractivity contribution in [3.8, 4) is 5.75 Å². The largest absolute Gasteiger partial charge is 0.482 e. The minimum Gasteiger partial charge on any atom is -0.482 e. The number of halogens is 1. The van der Waals surface area contributed by atoms with Gasteiger partial charge in [0.2, 0.25) is 5.91 Å². The molecule has 2 aliphatic heterocycles. The van der Waals surface area contributed by atoms with Gasteiger partial charge in [-0.05, 0) is 12.1 Å². The third-order valence-electron chi connectivity index (χ3n) is 4.31. The quantitative estimate of drug-likeness (QED) is 0.730. The second-order valence-corrected chi connectivity index (χ2v) is 7.41. The van der Waals surface area contributed by atoms with Gasteiger partial charge in [-0.3, -0.25) is 9.59 Å². The Morgan fingerprint density at radius 1 is 1.30 bits per heavy atom. The molecule has 3 rings (SSSR count). The highest BCUT2D eigenvalue weighted by Gasteiger charge is 2.19. The Hall–Kier alpha value is -1.48. The summed E-state index contributed by atoms with van der Waals surface area (Å²) in [6.45, 7) is 3.19. The standard InChI is InChI=1S/C18H25N3O4S.ClH/c22-17(11-14-13-26-10-5-19-14)20-15-3-1-2-4-16(15)25-12-18(23)21-6-8-24-9-7-21;/h1-4,14,19H,5-13H2,(H,20,22);1H. The molecule has 1 atom stereocenters. The molecule has 2 N–H and O–H groups in total. The molecule has 0 saturated carbocycles. The van der Waals surface area contributed by atoms with Gasteiger partial charge in [0, 0.05) is 43.6 Å². The van der Waals surface area contributed by atoms with Crippen LogP contribution < -0.4 is 15.4 Å². The smallest absolute Gasteiger partial charge is 0.260 e. The first-order valence-corrected chi connectivity index (χ1v) is 10.1. The van der Waals surface area contributed by atoms with Crippen LogP contribution >= 0.6 is 24.2 Å². The number of carbonyl (C=O) groups excluding carboxylic acids is 2. The molecule has 0 radical (unpaired) electrons. The summed E-state index contributed by atoms with van der Waals surface area (Å²) in [4.78, 5) is 26.3. The molecular weight excluding hydrogens is 390 g/mol. The number of ether oxygens (including phenoxy) is 2. The van der Waals surface area contributed by atoms with Crippen LogP contribution in [0.3, 0.4) is 0 Å². The average molecular weight is 416 g/mol. The third kappa shape index (κ3) is 6.88. The SMILES string of the molecule is Cl.O=C(CC1CSCCN1)Nc1ccccc1OCC(=O)N1CCOCC1. The fourth-order valence-electron chi connectivity index (χ4n) is 2.92. The molecule has 2 saturated heterocycles. The van der Waals surface area contributed by atoms with Crippen LogP contribution in [0.4, 0.5) is 5.69 Å². The highest BCUT2D eigenvalue weighted by Crippen LogP contribution is 2.24. The average Bonchev–Trinajstić information content (AvgIpc) is 2.68. The molecule has 1 unspecified atom stereocenters. The van der Waals surface area contributed by atoms with Crippen LogP contribution in [-0.2, 0) is 14.3 Å². The van der Waals surface area contributed by atoms with E-state index in [1.54, 1.807) is 17.0 Å². The lowest BCUT2D eigenvalue weighted by Crippen LogP contribution is -2.43. The van der Waals surface area contributed by atoms with E-state index in [0.29, 0.717) is 44.2 Å². The number of hydrogen-bond acceptors (Lipinski definition) is 6. The Morgan fingerprint density at radius 3 is 2.81 bits per heavy atom. The minimum atomic E-state index is -0.0714. The fourth-order valence-corrected chi connectivity index (χ4v) is 3.86. The number of nitrogens with one attached hydrogen (secondary N) is 2. The zero-order chi connectivity index (χ0) is 18.2. The summed E-state index contributed by atoms with van der Waals surface area (Å²) >= 11 is 1.86. The molecule has 27 heavy (non-hydrogen) atoms. The molecule has 2 heterocycles. The van der Waals surface area contributed by atoms with Gasteiger partial charge in [0.05, 0.1) is 18.9 Å². The summed E-state index contributed by atoms with van der Waals surface area (Å²) in [6, 6.07) is 7.40. The number of nitrogens with zero attached hydrogens (tertiary/aromatic N) is 1. The molecule has 7 nitrogen and oxygen atoms in total. The van der Waals surface area contributed by atoms with Crippen molar-refractivity contribution in [3.05, 3.63) is 24.3 Å². The zero-order valence-corrected chi connectivity index (χ0v) is 16.8. The number of para-hydroxylation sites is 2. The number of thioether (sulfide) groups is 1. The Labute approximate surface area is 169 Å². The maximum atomic E-state index is 12.3. The fraction of sp³-hybridized carbons (Fsp3) is 0.556. The molecule has 0 bridgehead atoms. The maximum Gasteiger partial charge on any atom is 0.260 e. The molecular formula is C18H26ClN3O4S. The van der Waals surface area contributed by atoms with E-state index in [4.69, 9.17) is 9.47 Å². The number of carbonyl (C=O) groups is 2.